The molecule has 0 spiro atoms. The Hall–Kier alpha value is -1.95. The summed E-state index contributed by atoms with van der Waals surface area (Å²) in [6.45, 7) is 3.39. The molecule has 0 radical (unpaired) electrons. The van der Waals surface area contributed by atoms with Gasteiger partial charge in [0.2, 0.25) is 0 Å². The Morgan fingerprint density at radius 1 is 1.45 bits per heavy atom. The third kappa shape index (κ3) is 3.82. The normalized spacial score (nSPS) is 17.7. The monoisotopic (exact) mass is 317 g/mol. The summed E-state index contributed by atoms with van der Waals surface area (Å²) >= 11 is 1.85. The summed E-state index contributed by atoms with van der Waals surface area (Å²) in [5.41, 5.74) is 0. The van der Waals surface area contributed by atoms with E-state index in [-0.39, 0.29) is 6.03 Å². The van der Waals surface area contributed by atoms with Crippen LogP contribution >= 0.6 is 11.8 Å². The first-order chi connectivity index (χ1) is 10.7. The van der Waals surface area contributed by atoms with Crippen molar-refractivity contribution in [1.29, 1.82) is 0 Å². The summed E-state index contributed by atoms with van der Waals surface area (Å²) in [6, 6.07) is 12.0. The number of aryl methyl sites for hydroxylation is 1. The second-order valence-corrected chi connectivity index (χ2v) is 6.57. The maximum atomic E-state index is 12.2. The van der Waals surface area contributed by atoms with Gasteiger partial charge in [-0.15, -0.1) is 11.8 Å². The van der Waals surface area contributed by atoms with Crippen LogP contribution < -0.4 is 5.32 Å². The lowest BCUT2D eigenvalue weighted by Crippen LogP contribution is -2.33. The number of aromatic nitrogens is 1. The summed E-state index contributed by atoms with van der Waals surface area (Å²) < 4.78 is 4.95. The van der Waals surface area contributed by atoms with Gasteiger partial charge in [0.1, 0.15) is 5.76 Å². The van der Waals surface area contributed by atoms with Crippen LogP contribution in [-0.4, -0.2) is 34.9 Å². The van der Waals surface area contributed by atoms with Crippen LogP contribution in [0.5, 0.6) is 0 Å². The molecule has 3 rings (SSSR count). The fourth-order valence-corrected chi connectivity index (χ4v) is 3.55. The van der Waals surface area contributed by atoms with Gasteiger partial charge in [-0.2, -0.15) is 0 Å². The van der Waals surface area contributed by atoms with Crippen molar-refractivity contribution in [1.82, 2.24) is 10.1 Å². The number of anilines is 1. The second-order valence-electron chi connectivity index (χ2n) is 5.48. The predicted molar refractivity (Wildman–Crippen MR) is 87.1 cm³/mol. The van der Waals surface area contributed by atoms with Gasteiger partial charge in [0, 0.05) is 29.8 Å². The van der Waals surface area contributed by atoms with Gasteiger partial charge in [-0.3, -0.25) is 5.32 Å². The fraction of sp³-hybridized carbons (Fsp3) is 0.375. The highest BCUT2D eigenvalue weighted by atomic mass is 32.2. The van der Waals surface area contributed by atoms with Crippen molar-refractivity contribution >= 4 is 23.6 Å². The van der Waals surface area contributed by atoms with Crippen LogP contribution in [-0.2, 0) is 0 Å². The number of carbonyl (C=O) groups is 1. The molecule has 0 unspecified atom stereocenters. The molecule has 22 heavy (non-hydrogen) atoms. The van der Waals surface area contributed by atoms with Crippen molar-refractivity contribution in [2.45, 2.75) is 18.2 Å². The number of nitrogens with zero attached hydrogens (tertiary/aromatic N) is 2. The first-order valence-corrected chi connectivity index (χ1v) is 8.36. The van der Waals surface area contributed by atoms with Gasteiger partial charge in [0.25, 0.3) is 0 Å². The average Bonchev–Trinajstić information content (AvgIpc) is 3.15. The number of likely N-dealkylation sites (tertiary alicyclic amines) is 1. The maximum Gasteiger partial charge on any atom is 0.323 e. The molecule has 116 valence electrons. The molecule has 2 heterocycles. The molecule has 1 aromatic heterocycles. The average molecular weight is 317 g/mol. The molecule has 5 nitrogen and oxygen atoms in total. The van der Waals surface area contributed by atoms with Crippen molar-refractivity contribution in [3.63, 3.8) is 0 Å². The lowest BCUT2D eigenvalue weighted by molar-refractivity contribution is 0.221. The zero-order valence-electron chi connectivity index (χ0n) is 12.5. The summed E-state index contributed by atoms with van der Waals surface area (Å²) in [4.78, 5) is 15.3. The highest BCUT2D eigenvalue weighted by Gasteiger charge is 2.26. The Morgan fingerprint density at radius 2 is 2.27 bits per heavy atom. The molecule has 0 saturated carbocycles. The van der Waals surface area contributed by atoms with Gasteiger partial charge in [-0.1, -0.05) is 23.4 Å². The highest BCUT2D eigenvalue weighted by Crippen LogP contribution is 2.26. The number of nitrogens with one attached hydrogen (secondary N) is 1. The Kier molecular flexibility index (Phi) is 4.68. The van der Waals surface area contributed by atoms with Gasteiger partial charge in [-0.25, -0.2) is 4.79 Å². The molecule has 0 aliphatic carbocycles. The van der Waals surface area contributed by atoms with E-state index in [1.54, 1.807) is 13.0 Å². The predicted octanol–water partition coefficient (Wildman–Crippen LogP) is 3.63. The van der Waals surface area contributed by atoms with Crippen LogP contribution in [0.25, 0.3) is 0 Å². The Morgan fingerprint density at radius 3 is 3.00 bits per heavy atom. The number of thioether (sulfide) groups is 1. The van der Waals surface area contributed by atoms with E-state index in [9.17, 15) is 4.79 Å². The number of rotatable bonds is 4. The zero-order chi connectivity index (χ0) is 15.4. The van der Waals surface area contributed by atoms with Gasteiger partial charge in [0.05, 0.1) is 0 Å². The molecule has 1 aliphatic heterocycles. The first kappa shape index (κ1) is 15.0. The molecule has 1 aromatic carbocycles. The van der Waals surface area contributed by atoms with E-state index in [1.807, 2.05) is 22.7 Å². The second kappa shape index (κ2) is 6.87. The molecule has 1 aliphatic rings. The molecule has 6 heteroatoms. The van der Waals surface area contributed by atoms with Gasteiger partial charge < -0.3 is 9.42 Å². The Balaban J connectivity index is 1.46. The van der Waals surface area contributed by atoms with Gasteiger partial charge in [-0.05, 0) is 31.4 Å². The summed E-state index contributed by atoms with van der Waals surface area (Å²) in [5.74, 6) is 2.74. The Labute approximate surface area is 134 Å². The smallest absolute Gasteiger partial charge is 0.323 e. The molecule has 1 fully saturated rings. The van der Waals surface area contributed by atoms with E-state index < -0.39 is 0 Å². The minimum atomic E-state index is -0.0967. The molecular weight excluding hydrogens is 298 g/mol. The third-order valence-corrected chi connectivity index (χ3v) is 4.91. The van der Waals surface area contributed by atoms with Crippen LogP contribution in [0.4, 0.5) is 10.6 Å². The number of urea groups is 1. The number of hydrogen-bond donors (Lipinski definition) is 1. The van der Waals surface area contributed by atoms with Crippen LogP contribution in [0.3, 0.4) is 0 Å². The van der Waals surface area contributed by atoms with Crippen LogP contribution in [0.1, 0.15) is 12.2 Å². The fourth-order valence-electron chi connectivity index (χ4n) is 2.50. The standard InChI is InChI=1S/C16H19N3O2S/c1-12-9-15(18-21-12)17-16(20)19-8-7-13(10-19)11-22-14-5-3-2-4-6-14/h2-6,9,13H,7-8,10-11H2,1H3,(H,17,18,20)/t13-/m0/s1. The van der Waals surface area contributed by atoms with Crippen LogP contribution in [0.2, 0.25) is 0 Å². The van der Waals surface area contributed by atoms with Gasteiger partial charge >= 0.3 is 6.03 Å². The molecular formula is C16H19N3O2S. The topological polar surface area (TPSA) is 58.4 Å². The number of carbonyl (C=O) groups excluding carboxylic acids is 1. The van der Waals surface area contributed by atoms with E-state index in [4.69, 9.17) is 4.52 Å². The quantitative estimate of drug-likeness (QED) is 0.875. The minimum absolute atomic E-state index is 0.0967. The van der Waals surface area contributed by atoms with E-state index in [1.165, 1.54) is 4.90 Å². The molecule has 0 bridgehead atoms. The summed E-state index contributed by atoms with van der Waals surface area (Å²) in [7, 11) is 0. The Bertz CT molecular complexity index is 629. The lowest BCUT2D eigenvalue weighted by Gasteiger charge is -2.16. The van der Waals surface area contributed by atoms with Crippen molar-refractivity contribution in [3.05, 3.63) is 42.2 Å². The number of benzene rings is 1. The van der Waals surface area contributed by atoms with Crippen LogP contribution in [0, 0.1) is 12.8 Å². The zero-order valence-corrected chi connectivity index (χ0v) is 13.3. The third-order valence-electron chi connectivity index (χ3n) is 3.66. The first-order valence-electron chi connectivity index (χ1n) is 7.38. The summed E-state index contributed by atoms with van der Waals surface area (Å²) in [5, 5.41) is 6.56. The number of amides is 2. The minimum Gasteiger partial charge on any atom is -0.360 e. The summed E-state index contributed by atoms with van der Waals surface area (Å²) in [6.07, 6.45) is 1.05. The molecule has 2 amide bonds. The SMILES string of the molecule is Cc1cc(NC(=O)N2CC[C@H](CSc3ccccc3)C2)no1. The van der Waals surface area contributed by atoms with Crippen LogP contribution in [0.15, 0.2) is 45.8 Å². The van der Waals surface area contributed by atoms with Crippen molar-refractivity contribution < 1.29 is 9.32 Å². The lowest BCUT2D eigenvalue weighted by atomic mass is 10.2. The van der Waals surface area contributed by atoms with E-state index in [2.05, 4.69) is 34.7 Å². The molecule has 2 aromatic rings. The molecule has 1 saturated heterocycles. The largest absolute Gasteiger partial charge is 0.360 e. The van der Waals surface area contributed by atoms with E-state index >= 15 is 0 Å². The molecule has 1 atom stereocenters. The molecule has 1 N–H and O–H groups in total. The van der Waals surface area contributed by atoms with E-state index in [0.717, 1.165) is 25.3 Å². The van der Waals surface area contributed by atoms with Crippen molar-refractivity contribution in [2.75, 3.05) is 24.2 Å². The van der Waals surface area contributed by atoms with Gasteiger partial charge in [0.15, 0.2) is 5.82 Å². The van der Waals surface area contributed by atoms with Crippen molar-refractivity contribution in [2.24, 2.45) is 5.92 Å². The highest BCUT2D eigenvalue weighted by molar-refractivity contribution is 7.99. The van der Waals surface area contributed by atoms with E-state index in [0.29, 0.717) is 17.5 Å². The number of hydrogen-bond acceptors (Lipinski definition) is 4. The maximum absolute atomic E-state index is 12.2. The van der Waals surface area contributed by atoms with Crippen molar-refractivity contribution in [3.8, 4) is 0 Å².